The fraction of sp³-hybridized carbons (Fsp3) is 0.953. The lowest BCUT2D eigenvalue weighted by Gasteiger charge is -2.18. The summed E-state index contributed by atoms with van der Waals surface area (Å²) in [7, 11) is 0. The van der Waals surface area contributed by atoms with Crippen LogP contribution in [-0.2, 0) is 28.6 Å². The molecule has 0 heterocycles. The maximum atomic E-state index is 12.9. The summed E-state index contributed by atoms with van der Waals surface area (Å²) in [6.07, 6.45) is 62.5. The third-order valence-electron chi connectivity index (χ3n) is 15.1. The summed E-state index contributed by atoms with van der Waals surface area (Å²) in [5.41, 5.74) is 0. The van der Waals surface area contributed by atoms with Crippen molar-refractivity contribution in [2.45, 2.75) is 368 Å². The Bertz CT molecular complexity index is 1070. The van der Waals surface area contributed by atoms with Crippen molar-refractivity contribution in [1.82, 2.24) is 0 Å². The number of rotatable bonds is 58. The number of hydrogen-bond acceptors (Lipinski definition) is 6. The first-order valence-electron chi connectivity index (χ1n) is 31.8. The van der Waals surface area contributed by atoms with Crippen LogP contribution in [0.25, 0.3) is 0 Å². The van der Waals surface area contributed by atoms with E-state index < -0.39 is 6.10 Å². The third-order valence-corrected chi connectivity index (χ3v) is 15.1. The molecule has 70 heavy (non-hydrogen) atoms. The highest BCUT2D eigenvalue weighted by Crippen LogP contribution is 2.19. The van der Waals surface area contributed by atoms with Crippen molar-refractivity contribution in [2.75, 3.05) is 13.2 Å². The molecule has 0 saturated carbocycles. The second kappa shape index (κ2) is 56.7. The molecule has 2 atom stereocenters. The summed E-state index contributed by atoms with van der Waals surface area (Å²) < 4.78 is 16.9. The molecule has 0 amide bonds. The van der Waals surface area contributed by atoms with Crippen molar-refractivity contribution in [3.8, 4) is 0 Å². The minimum atomic E-state index is -0.764. The molecule has 0 aliphatic carbocycles. The quantitative estimate of drug-likeness (QED) is 0.0343. The molecule has 6 heteroatoms. The van der Waals surface area contributed by atoms with Gasteiger partial charge in [0.2, 0.25) is 0 Å². The van der Waals surface area contributed by atoms with Gasteiger partial charge in [-0.15, -0.1) is 0 Å². The smallest absolute Gasteiger partial charge is 0.306 e. The number of ether oxygens (including phenoxy) is 3. The topological polar surface area (TPSA) is 78.9 Å². The molecule has 0 saturated heterocycles. The summed E-state index contributed by atoms with van der Waals surface area (Å²) in [5.74, 6) is 0.868. The number of hydrogen-bond donors (Lipinski definition) is 0. The van der Waals surface area contributed by atoms with E-state index in [4.69, 9.17) is 14.2 Å². The van der Waals surface area contributed by atoms with Crippen LogP contribution < -0.4 is 0 Å². The van der Waals surface area contributed by atoms with Crippen LogP contribution >= 0.6 is 0 Å². The van der Waals surface area contributed by atoms with E-state index >= 15 is 0 Å². The highest BCUT2D eigenvalue weighted by molar-refractivity contribution is 5.71. The van der Waals surface area contributed by atoms with E-state index in [-0.39, 0.29) is 31.1 Å². The van der Waals surface area contributed by atoms with Crippen LogP contribution in [0.4, 0.5) is 0 Å². The van der Waals surface area contributed by atoms with E-state index in [1.807, 2.05) is 0 Å². The Morgan fingerprint density at radius 3 is 0.814 bits per heavy atom. The van der Waals surface area contributed by atoms with Crippen LogP contribution in [0.2, 0.25) is 0 Å². The van der Waals surface area contributed by atoms with Crippen LogP contribution in [0.15, 0.2) is 0 Å². The molecule has 0 fully saturated rings. The Morgan fingerprint density at radius 2 is 0.543 bits per heavy atom. The molecule has 0 rings (SSSR count). The fourth-order valence-corrected chi connectivity index (χ4v) is 9.90. The molecular weight excluding hydrogens is 865 g/mol. The molecule has 6 nitrogen and oxygen atoms in total. The van der Waals surface area contributed by atoms with E-state index in [0.29, 0.717) is 19.3 Å². The van der Waals surface area contributed by atoms with Gasteiger partial charge in [-0.3, -0.25) is 14.4 Å². The van der Waals surface area contributed by atoms with Gasteiger partial charge in [0.15, 0.2) is 6.10 Å². The van der Waals surface area contributed by atoms with Gasteiger partial charge < -0.3 is 14.2 Å². The molecule has 0 bridgehead atoms. The van der Waals surface area contributed by atoms with E-state index in [0.717, 1.165) is 69.6 Å². The van der Waals surface area contributed by atoms with Crippen LogP contribution in [0.1, 0.15) is 362 Å². The second-order valence-electron chi connectivity index (χ2n) is 22.8. The fourth-order valence-electron chi connectivity index (χ4n) is 9.90. The maximum absolute atomic E-state index is 12.9. The van der Waals surface area contributed by atoms with Gasteiger partial charge in [0, 0.05) is 19.3 Å². The molecule has 0 aliphatic rings. The van der Waals surface area contributed by atoms with Crippen molar-refractivity contribution in [3.63, 3.8) is 0 Å². The van der Waals surface area contributed by atoms with E-state index in [1.54, 1.807) is 0 Å². The molecule has 0 aromatic carbocycles. The molecule has 0 N–H and O–H groups in total. The van der Waals surface area contributed by atoms with Crippen LogP contribution in [0.3, 0.4) is 0 Å². The molecule has 0 aromatic rings. The van der Waals surface area contributed by atoms with E-state index in [1.165, 1.54) is 250 Å². The lowest BCUT2D eigenvalue weighted by Crippen LogP contribution is -2.30. The minimum Gasteiger partial charge on any atom is -0.462 e. The standard InChI is InChI=1S/C64H124O6/c1-6-8-9-10-11-12-13-14-15-16-17-21-24-27-30-33-39-44-49-54-62(65)68-57-61(70-64(67)56-51-46-41-36-35-38-43-48-53-60(5)7-2)58-69-63(66)55-50-45-40-34-31-28-25-22-19-18-20-23-26-29-32-37-42-47-52-59(3)4/h59-61H,6-58H2,1-5H3/t60?,61-/m1/s1. The summed E-state index contributed by atoms with van der Waals surface area (Å²) in [4.78, 5) is 38.3. The summed E-state index contributed by atoms with van der Waals surface area (Å²) in [6, 6.07) is 0. The molecule has 0 aliphatic heterocycles. The molecule has 1 unspecified atom stereocenters. The monoisotopic (exact) mass is 989 g/mol. The van der Waals surface area contributed by atoms with Crippen molar-refractivity contribution in [3.05, 3.63) is 0 Å². The zero-order chi connectivity index (χ0) is 51.1. The van der Waals surface area contributed by atoms with Gasteiger partial charge >= 0.3 is 17.9 Å². The summed E-state index contributed by atoms with van der Waals surface area (Å²) in [6.45, 7) is 11.4. The van der Waals surface area contributed by atoms with Gasteiger partial charge in [-0.05, 0) is 31.1 Å². The molecule has 0 aromatic heterocycles. The minimum absolute atomic E-state index is 0.0626. The first-order valence-corrected chi connectivity index (χ1v) is 31.8. The lowest BCUT2D eigenvalue weighted by atomic mass is 9.99. The Hall–Kier alpha value is -1.59. The van der Waals surface area contributed by atoms with E-state index in [2.05, 4.69) is 34.6 Å². The van der Waals surface area contributed by atoms with Crippen LogP contribution in [0.5, 0.6) is 0 Å². The lowest BCUT2D eigenvalue weighted by molar-refractivity contribution is -0.167. The zero-order valence-electron chi connectivity index (χ0n) is 48.2. The number of esters is 3. The van der Waals surface area contributed by atoms with Gasteiger partial charge in [0.25, 0.3) is 0 Å². The third kappa shape index (κ3) is 55.7. The normalized spacial score (nSPS) is 12.4. The second-order valence-corrected chi connectivity index (χ2v) is 22.8. The Labute approximate surface area is 438 Å². The van der Waals surface area contributed by atoms with Gasteiger partial charge in [-0.25, -0.2) is 0 Å². The van der Waals surface area contributed by atoms with Gasteiger partial charge in [0.05, 0.1) is 0 Å². The predicted octanol–water partition coefficient (Wildman–Crippen LogP) is 21.2. The highest BCUT2D eigenvalue weighted by atomic mass is 16.6. The highest BCUT2D eigenvalue weighted by Gasteiger charge is 2.19. The Kier molecular flexibility index (Phi) is 55.4. The van der Waals surface area contributed by atoms with Crippen LogP contribution in [0, 0.1) is 11.8 Å². The van der Waals surface area contributed by atoms with E-state index in [9.17, 15) is 14.4 Å². The van der Waals surface area contributed by atoms with Crippen molar-refractivity contribution < 1.29 is 28.6 Å². The number of carbonyl (C=O) groups excluding carboxylic acids is 3. The molecule has 416 valence electrons. The van der Waals surface area contributed by atoms with Gasteiger partial charge in [-0.2, -0.15) is 0 Å². The van der Waals surface area contributed by atoms with Gasteiger partial charge in [-0.1, -0.05) is 324 Å². The average Bonchev–Trinajstić information content (AvgIpc) is 3.35. The first kappa shape index (κ1) is 68.4. The molecular formula is C64H124O6. The molecule has 0 spiro atoms. The Morgan fingerprint density at radius 1 is 0.300 bits per heavy atom. The van der Waals surface area contributed by atoms with Crippen molar-refractivity contribution in [2.24, 2.45) is 11.8 Å². The predicted molar refractivity (Wildman–Crippen MR) is 303 cm³/mol. The molecule has 0 radical (unpaired) electrons. The number of unbranched alkanes of at least 4 members (excludes halogenated alkanes) is 42. The first-order chi connectivity index (χ1) is 34.3. The Balaban J connectivity index is 4.22. The largest absolute Gasteiger partial charge is 0.462 e. The summed E-state index contributed by atoms with van der Waals surface area (Å²) >= 11 is 0. The van der Waals surface area contributed by atoms with Crippen molar-refractivity contribution >= 4 is 17.9 Å². The number of carbonyl (C=O) groups is 3. The van der Waals surface area contributed by atoms with Crippen molar-refractivity contribution in [1.29, 1.82) is 0 Å². The summed E-state index contributed by atoms with van der Waals surface area (Å²) in [5, 5.41) is 0. The maximum Gasteiger partial charge on any atom is 0.306 e. The SMILES string of the molecule is CCCCCCCCCCCCCCCCCCCCCC(=O)OC[C@H](COC(=O)CCCCCCCCCCCCCCCCCCCCC(C)C)OC(=O)CCCCCCCCCCC(C)CC. The van der Waals surface area contributed by atoms with Gasteiger partial charge in [0.1, 0.15) is 13.2 Å². The van der Waals surface area contributed by atoms with Crippen LogP contribution in [-0.4, -0.2) is 37.2 Å². The average molecular weight is 990 g/mol. The zero-order valence-corrected chi connectivity index (χ0v) is 48.2.